The van der Waals surface area contributed by atoms with Crippen LogP contribution in [0.3, 0.4) is 0 Å². The van der Waals surface area contributed by atoms with E-state index in [9.17, 15) is 9.59 Å². The van der Waals surface area contributed by atoms with Gasteiger partial charge in [0.2, 0.25) is 11.8 Å². The Bertz CT molecular complexity index is 479. The maximum absolute atomic E-state index is 12.1. The van der Waals surface area contributed by atoms with Crippen molar-refractivity contribution >= 4 is 11.8 Å². The van der Waals surface area contributed by atoms with Crippen LogP contribution in [0.25, 0.3) is 0 Å². The van der Waals surface area contributed by atoms with Crippen molar-refractivity contribution in [1.82, 2.24) is 19.8 Å². The van der Waals surface area contributed by atoms with Crippen molar-refractivity contribution in [3.63, 3.8) is 0 Å². The first-order valence-corrected chi connectivity index (χ1v) is 8.68. The van der Waals surface area contributed by atoms with Crippen molar-refractivity contribution < 1.29 is 9.59 Å². The Hall–Kier alpha value is -1.85. The molecule has 0 radical (unpaired) electrons. The maximum Gasteiger partial charge on any atom is 0.223 e. The van der Waals surface area contributed by atoms with Gasteiger partial charge in [-0.2, -0.15) is 0 Å². The highest BCUT2D eigenvalue weighted by Gasteiger charge is 2.16. The number of nitrogens with zero attached hydrogens (tertiary/aromatic N) is 3. The summed E-state index contributed by atoms with van der Waals surface area (Å²) in [6.07, 6.45) is 11.5. The largest absolute Gasteiger partial charge is 0.356 e. The summed E-state index contributed by atoms with van der Waals surface area (Å²) in [4.78, 5) is 29.9. The minimum atomic E-state index is -0.0361. The van der Waals surface area contributed by atoms with Gasteiger partial charge in [-0.25, -0.2) is 4.98 Å². The van der Waals surface area contributed by atoms with Crippen LogP contribution in [0, 0.1) is 0 Å². The minimum Gasteiger partial charge on any atom is -0.356 e. The average molecular weight is 320 g/mol. The summed E-state index contributed by atoms with van der Waals surface area (Å²) < 4.78 is 2.02. The molecule has 128 valence electrons. The van der Waals surface area contributed by atoms with Crippen molar-refractivity contribution in [2.75, 3.05) is 19.6 Å². The van der Waals surface area contributed by atoms with Crippen LogP contribution < -0.4 is 5.32 Å². The molecule has 0 spiro atoms. The molecule has 6 heteroatoms. The molecule has 2 rings (SSSR count). The summed E-state index contributed by atoms with van der Waals surface area (Å²) in [6.45, 7) is 4.42. The number of carbonyl (C=O) groups is 2. The number of hydrogen-bond acceptors (Lipinski definition) is 3. The van der Waals surface area contributed by atoms with Crippen molar-refractivity contribution in [3.8, 4) is 0 Å². The Morgan fingerprint density at radius 1 is 1.17 bits per heavy atom. The number of hydrogen-bond donors (Lipinski definition) is 1. The summed E-state index contributed by atoms with van der Waals surface area (Å²) >= 11 is 0. The van der Waals surface area contributed by atoms with E-state index in [1.54, 1.807) is 12.5 Å². The Kier molecular flexibility index (Phi) is 7.10. The molecule has 1 aliphatic heterocycles. The third-order valence-electron chi connectivity index (χ3n) is 4.44. The summed E-state index contributed by atoms with van der Waals surface area (Å²) in [7, 11) is 0. The zero-order chi connectivity index (χ0) is 16.5. The molecule has 0 bridgehead atoms. The fraction of sp³-hybridized carbons (Fsp3) is 0.706. The van der Waals surface area contributed by atoms with Crippen molar-refractivity contribution in [2.45, 2.75) is 57.9 Å². The van der Waals surface area contributed by atoms with Crippen molar-refractivity contribution in [1.29, 1.82) is 0 Å². The Labute approximate surface area is 138 Å². The molecule has 1 fully saturated rings. The van der Waals surface area contributed by atoms with E-state index >= 15 is 0 Å². The van der Waals surface area contributed by atoms with E-state index in [0.717, 1.165) is 32.4 Å². The lowest BCUT2D eigenvalue weighted by atomic mass is 10.2. The normalized spacial score (nSPS) is 16.7. The van der Waals surface area contributed by atoms with Gasteiger partial charge in [0.25, 0.3) is 0 Å². The van der Waals surface area contributed by atoms with Gasteiger partial charge in [0.05, 0.1) is 6.33 Å². The van der Waals surface area contributed by atoms with E-state index in [2.05, 4.69) is 17.2 Å². The minimum absolute atomic E-state index is 0.0361. The topological polar surface area (TPSA) is 67.2 Å². The van der Waals surface area contributed by atoms with Gasteiger partial charge < -0.3 is 14.8 Å². The summed E-state index contributed by atoms with van der Waals surface area (Å²) in [5.74, 6) is 0.0832. The Morgan fingerprint density at radius 2 is 1.91 bits per heavy atom. The van der Waals surface area contributed by atoms with Gasteiger partial charge in [-0.05, 0) is 26.2 Å². The Balaban J connectivity index is 1.60. The summed E-state index contributed by atoms with van der Waals surface area (Å²) in [6, 6.07) is 0.302. The highest BCUT2D eigenvalue weighted by Crippen LogP contribution is 2.11. The van der Waals surface area contributed by atoms with E-state index in [4.69, 9.17) is 0 Å². The number of likely N-dealkylation sites (tertiary alicyclic amines) is 1. The molecule has 0 saturated carbocycles. The number of rotatable bonds is 7. The zero-order valence-corrected chi connectivity index (χ0v) is 14.0. The van der Waals surface area contributed by atoms with Crippen LogP contribution in [0.5, 0.6) is 0 Å². The molecule has 0 aliphatic carbocycles. The van der Waals surface area contributed by atoms with Crippen LogP contribution in [-0.2, 0) is 9.59 Å². The maximum atomic E-state index is 12.1. The molecule has 0 aromatic carbocycles. The molecule has 1 N–H and O–H groups in total. The van der Waals surface area contributed by atoms with Gasteiger partial charge in [0, 0.05) is 50.9 Å². The zero-order valence-electron chi connectivity index (χ0n) is 14.0. The second-order valence-electron chi connectivity index (χ2n) is 6.29. The van der Waals surface area contributed by atoms with E-state index in [0.29, 0.717) is 19.0 Å². The molecule has 1 aromatic rings. The van der Waals surface area contributed by atoms with E-state index in [1.807, 2.05) is 15.7 Å². The first-order valence-electron chi connectivity index (χ1n) is 8.68. The van der Waals surface area contributed by atoms with Gasteiger partial charge in [0.15, 0.2) is 0 Å². The first-order chi connectivity index (χ1) is 11.2. The van der Waals surface area contributed by atoms with Crippen LogP contribution in [0.15, 0.2) is 18.7 Å². The molecule has 2 amide bonds. The molecule has 1 aromatic heterocycles. The number of amides is 2. The lowest BCUT2D eigenvalue weighted by Crippen LogP contribution is -2.33. The smallest absolute Gasteiger partial charge is 0.223 e. The van der Waals surface area contributed by atoms with Crippen LogP contribution in [0.1, 0.15) is 57.9 Å². The van der Waals surface area contributed by atoms with Gasteiger partial charge >= 0.3 is 0 Å². The van der Waals surface area contributed by atoms with E-state index in [-0.39, 0.29) is 18.2 Å². The molecule has 0 unspecified atom stereocenters. The van der Waals surface area contributed by atoms with E-state index < -0.39 is 0 Å². The predicted octanol–water partition coefficient (Wildman–Crippen LogP) is 2.13. The summed E-state index contributed by atoms with van der Waals surface area (Å²) in [5.41, 5.74) is 0. The van der Waals surface area contributed by atoms with Crippen LogP contribution in [0.2, 0.25) is 0 Å². The fourth-order valence-electron chi connectivity index (χ4n) is 2.89. The van der Waals surface area contributed by atoms with Gasteiger partial charge in [-0.3, -0.25) is 9.59 Å². The molecule has 23 heavy (non-hydrogen) atoms. The molecule has 2 heterocycles. The van der Waals surface area contributed by atoms with E-state index in [1.165, 1.54) is 12.8 Å². The van der Waals surface area contributed by atoms with Gasteiger partial charge in [-0.15, -0.1) is 0 Å². The summed E-state index contributed by atoms with van der Waals surface area (Å²) in [5, 5.41) is 2.90. The standard InChI is InChI=1S/C17H28N4O2/c1-15(21-13-10-18-14-21)8-9-19-16(22)6-7-17(23)20-11-4-2-3-5-12-20/h10,13-15H,2-9,11-12H2,1H3,(H,19,22)/t15-/m1/s1. The van der Waals surface area contributed by atoms with Crippen LogP contribution >= 0.6 is 0 Å². The number of imidazole rings is 1. The Morgan fingerprint density at radius 3 is 2.57 bits per heavy atom. The fourth-order valence-corrected chi connectivity index (χ4v) is 2.89. The number of aromatic nitrogens is 2. The molecular formula is C17H28N4O2. The molecular weight excluding hydrogens is 292 g/mol. The van der Waals surface area contributed by atoms with Crippen molar-refractivity contribution in [3.05, 3.63) is 18.7 Å². The van der Waals surface area contributed by atoms with Crippen LogP contribution in [0.4, 0.5) is 0 Å². The first kappa shape index (κ1) is 17.5. The third-order valence-corrected chi connectivity index (χ3v) is 4.44. The quantitative estimate of drug-likeness (QED) is 0.837. The monoisotopic (exact) mass is 320 g/mol. The predicted molar refractivity (Wildman–Crippen MR) is 88.8 cm³/mol. The molecule has 1 aliphatic rings. The molecule has 6 nitrogen and oxygen atoms in total. The second kappa shape index (κ2) is 9.33. The highest BCUT2D eigenvalue weighted by atomic mass is 16.2. The highest BCUT2D eigenvalue weighted by molar-refractivity contribution is 5.83. The SMILES string of the molecule is C[C@H](CCNC(=O)CCC(=O)N1CCCCCC1)n1ccnc1. The lowest BCUT2D eigenvalue weighted by molar-refractivity contribution is -0.133. The van der Waals surface area contributed by atoms with Gasteiger partial charge in [-0.1, -0.05) is 12.8 Å². The van der Waals surface area contributed by atoms with Crippen LogP contribution in [-0.4, -0.2) is 45.9 Å². The van der Waals surface area contributed by atoms with Crippen molar-refractivity contribution in [2.24, 2.45) is 0 Å². The number of carbonyl (C=O) groups excluding carboxylic acids is 2. The van der Waals surface area contributed by atoms with Gasteiger partial charge in [0.1, 0.15) is 0 Å². The molecule has 1 saturated heterocycles. The lowest BCUT2D eigenvalue weighted by Gasteiger charge is -2.20. The third kappa shape index (κ3) is 6.04. The average Bonchev–Trinajstić information content (AvgIpc) is 2.95. The number of nitrogens with one attached hydrogen (secondary N) is 1. The second-order valence-corrected chi connectivity index (χ2v) is 6.29. The molecule has 1 atom stereocenters.